The second kappa shape index (κ2) is 12.3. The van der Waals surface area contributed by atoms with E-state index in [1.165, 1.54) is 5.56 Å². The standard InChI is InChI=1S/C27H34Cl2N2O4/c28-24-10-9-23(18-25(24)29)35-20-27(33)11-2-13-30(16-12-27)19-21-5-7-22(8-6-21)34-17-3-15-31-14-1-4-26(31)32/h5-10,18,33H,1-4,11-17,19-20H2/t27-/m0/s1. The van der Waals surface area contributed by atoms with Gasteiger partial charge in [0.25, 0.3) is 0 Å². The monoisotopic (exact) mass is 520 g/mol. The topological polar surface area (TPSA) is 62.2 Å². The van der Waals surface area contributed by atoms with Gasteiger partial charge in [0.1, 0.15) is 18.1 Å². The fourth-order valence-corrected chi connectivity index (χ4v) is 4.94. The van der Waals surface area contributed by atoms with Crippen molar-refractivity contribution in [1.82, 2.24) is 9.80 Å². The van der Waals surface area contributed by atoms with Crippen LogP contribution in [-0.2, 0) is 11.3 Å². The molecule has 0 aliphatic carbocycles. The number of nitrogens with zero attached hydrogens (tertiary/aromatic N) is 2. The number of ether oxygens (including phenoxy) is 2. The highest BCUT2D eigenvalue weighted by Gasteiger charge is 2.31. The molecule has 0 bridgehead atoms. The number of hydrogen-bond acceptors (Lipinski definition) is 5. The molecule has 6 nitrogen and oxygen atoms in total. The van der Waals surface area contributed by atoms with Crippen molar-refractivity contribution in [2.24, 2.45) is 0 Å². The summed E-state index contributed by atoms with van der Waals surface area (Å²) in [4.78, 5) is 16.0. The van der Waals surface area contributed by atoms with Crippen molar-refractivity contribution < 1.29 is 19.4 Å². The highest BCUT2D eigenvalue weighted by molar-refractivity contribution is 6.42. The predicted octanol–water partition coefficient (Wildman–Crippen LogP) is 5.18. The summed E-state index contributed by atoms with van der Waals surface area (Å²) in [6, 6.07) is 13.4. The lowest BCUT2D eigenvalue weighted by Gasteiger charge is -2.27. The fraction of sp³-hybridized carbons (Fsp3) is 0.519. The van der Waals surface area contributed by atoms with Crippen LogP contribution in [0.2, 0.25) is 10.0 Å². The molecule has 1 atom stereocenters. The number of carbonyl (C=O) groups is 1. The van der Waals surface area contributed by atoms with Crippen LogP contribution in [0.5, 0.6) is 11.5 Å². The molecule has 2 aliphatic heterocycles. The molecule has 2 aliphatic rings. The number of likely N-dealkylation sites (tertiary alicyclic amines) is 2. The molecule has 2 saturated heterocycles. The molecule has 1 amide bonds. The van der Waals surface area contributed by atoms with E-state index in [0.717, 1.165) is 57.7 Å². The van der Waals surface area contributed by atoms with Crippen molar-refractivity contribution in [3.63, 3.8) is 0 Å². The molecule has 35 heavy (non-hydrogen) atoms. The summed E-state index contributed by atoms with van der Waals surface area (Å²) in [5, 5.41) is 12.0. The first-order valence-electron chi connectivity index (χ1n) is 12.4. The zero-order valence-electron chi connectivity index (χ0n) is 20.1. The minimum Gasteiger partial charge on any atom is -0.494 e. The Morgan fingerprint density at radius 1 is 0.914 bits per heavy atom. The van der Waals surface area contributed by atoms with E-state index in [4.69, 9.17) is 32.7 Å². The maximum Gasteiger partial charge on any atom is 0.222 e. The van der Waals surface area contributed by atoms with Crippen molar-refractivity contribution in [1.29, 1.82) is 0 Å². The first-order chi connectivity index (χ1) is 16.9. The summed E-state index contributed by atoms with van der Waals surface area (Å²) in [7, 11) is 0. The molecule has 0 spiro atoms. The molecule has 0 saturated carbocycles. The molecule has 2 fully saturated rings. The first-order valence-corrected chi connectivity index (χ1v) is 13.2. The van der Waals surface area contributed by atoms with Crippen LogP contribution in [0, 0.1) is 0 Å². The quantitative estimate of drug-likeness (QED) is 0.437. The lowest BCUT2D eigenvalue weighted by molar-refractivity contribution is -0.127. The van der Waals surface area contributed by atoms with Gasteiger partial charge in [0.15, 0.2) is 0 Å². The largest absolute Gasteiger partial charge is 0.494 e. The Morgan fingerprint density at radius 3 is 2.46 bits per heavy atom. The van der Waals surface area contributed by atoms with E-state index in [9.17, 15) is 9.90 Å². The van der Waals surface area contributed by atoms with Crippen molar-refractivity contribution >= 4 is 29.1 Å². The number of rotatable bonds is 10. The van der Waals surface area contributed by atoms with Gasteiger partial charge < -0.3 is 19.5 Å². The molecular weight excluding hydrogens is 487 g/mol. The van der Waals surface area contributed by atoms with E-state index in [1.54, 1.807) is 18.2 Å². The Kier molecular flexibility index (Phi) is 9.17. The second-order valence-electron chi connectivity index (χ2n) is 9.55. The number of carbonyl (C=O) groups excluding carboxylic acids is 1. The molecule has 2 heterocycles. The number of aliphatic hydroxyl groups is 1. The van der Waals surface area contributed by atoms with Gasteiger partial charge >= 0.3 is 0 Å². The second-order valence-corrected chi connectivity index (χ2v) is 10.4. The zero-order valence-corrected chi connectivity index (χ0v) is 21.6. The molecule has 190 valence electrons. The third-order valence-corrected chi connectivity index (χ3v) is 7.49. The lowest BCUT2D eigenvalue weighted by atomic mass is 9.96. The van der Waals surface area contributed by atoms with E-state index in [1.807, 2.05) is 17.0 Å². The molecule has 0 aromatic heterocycles. The lowest BCUT2D eigenvalue weighted by Crippen LogP contribution is -2.37. The van der Waals surface area contributed by atoms with Crippen molar-refractivity contribution in [2.45, 2.75) is 50.7 Å². The van der Waals surface area contributed by atoms with Crippen LogP contribution in [0.3, 0.4) is 0 Å². The first kappa shape index (κ1) is 26.1. The summed E-state index contributed by atoms with van der Waals surface area (Å²) >= 11 is 12.0. The van der Waals surface area contributed by atoms with Crippen LogP contribution in [0.1, 0.15) is 44.1 Å². The van der Waals surface area contributed by atoms with Crippen molar-refractivity contribution in [3.05, 3.63) is 58.1 Å². The number of amides is 1. The van der Waals surface area contributed by atoms with E-state index < -0.39 is 5.60 Å². The van der Waals surface area contributed by atoms with Gasteiger partial charge in [-0.25, -0.2) is 0 Å². The molecule has 0 unspecified atom stereocenters. The summed E-state index contributed by atoms with van der Waals surface area (Å²) in [6.07, 6.45) is 4.76. The van der Waals surface area contributed by atoms with Gasteiger partial charge in [0, 0.05) is 38.7 Å². The maximum atomic E-state index is 11.7. The van der Waals surface area contributed by atoms with Gasteiger partial charge in [-0.05, 0) is 68.5 Å². The van der Waals surface area contributed by atoms with Gasteiger partial charge in [-0.2, -0.15) is 0 Å². The maximum absolute atomic E-state index is 11.7. The fourth-order valence-electron chi connectivity index (χ4n) is 4.66. The van der Waals surface area contributed by atoms with Crippen LogP contribution < -0.4 is 9.47 Å². The van der Waals surface area contributed by atoms with Gasteiger partial charge in [-0.1, -0.05) is 35.3 Å². The smallest absolute Gasteiger partial charge is 0.222 e. The van der Waals surface area contributed by atoms with E-state index in [0.29, 0.717) is 41.7 Å². The van der Waals surface area contributed by atoms with E-state index in [-0.39, 0.29) is 12.5 Å². The Hall–Kier alpha value is -1.99. The Balaban J connectivity index is 1.19. The van der Waals surface area contributed by atoms with Crippen molar-refractivity contribution in [2.75, 3.05) is 39.4 Å². The van der Waals surface area contributed by atoms with Gasteiger partial charge in [0.2, 0.25) is 5.91 Å². The predicted molar refractivity (Wildman–Crippen MR) is 138 cm³/mol. The molecular formula is C27H34Cl2N2O4. The van der Waals surface area contributed by atoms with Crippen LogP contribution in [0.4, 0.5) is 0 Å². The molecule has 4 rings (SSSR count). The third-order valence-electron chi connectivity index (χ3n) is 6.75. The highest BCUT2D eigenvalue weighted by atomic mass is 35.5. The van der Waals surface area contributed by atoms with Crippen LogP contribution in [0.25, 0.3) is 0 Å². The third kappa shape index (κ3) is 7.74. The van der Waals surface area contributed by atoms with Gasteiger partial charge in [-0.15, -0.1) is 0 Å². The van der Waals surface area contributed by atoms with Gasteiger partial charge in [0.05, 0.1) is 22.3 Å². The molecule has 2 aromatic rings. The number of halogens is 2. The Morgan fingerprint density at radius 2 is 1.71 bits per heavy atom. The Labute approximate surface area is 217 Å². The summed E-state index contributed by atoms with van der Waals surface area (Å²) in [6.45, 7) is 5.07. The highest BCUT2D eigenvalue weighted by Crippen LogP contribution is 2.29. The van der Waals surface area contributed by atoms with Crippen LogP contribution in [-0.4, -0.2) is 65.8 Å². The van der Waals surface area contributed by atoms with E-state index >= 15 is 0 Å². The minimum atomic E-state index is -0.863. The summed E-state index contributed by atoms with van der Waals surface area (Å²) in [5.41, 5.74) is 0.357. The van der Waals surface area contributed by atoms with Gasteiger partial charge in [-0.3, -0.25) is 9.69 Å². The molecule has 0 radical (unpaired) electrons. The molecule has 1 N–H and O–H groups in total. The van der Waals surface area contributed by atoms with E-state index in [2.05, 4.69) is 17.0 Å². The summed E-state index contributed by atoms with van der Waals surface area (Å²) in [5.74, 6) is 1.73. The van der Waals surface area contributed by atoms with Crippen LogP contribution in [0.15, 0.2) is 42.5 Å². The van der Waals surface area contributed by atoms with Crippen LogP contribution >= 0.6 is 23.2 Å². The minimum absolute atomic E-state index is 0.233. The zero-order chi connectivity index (χ0) is 24.7. The average Bonchev–Trinajstić information content (AvgIpc) is 3.17. The Bertz CT molecular complexity index is 988. The normalized spacial score (nSPS) is 21.2. The number of hydrogen-bond donors (Lipinski definition) is 1. The average molecular weight is 521 g/mol. The molecule has 8 heteroatoms. The summed E-state index contributed by atoms with van der Waals surface area (Å²) < 4.78 is 11.7. The SMILES string of the molecule is O=C1CCCN1CCCOc1ccc(CN2CCC[C@@](O)(COc3ccc(Cl)c(Cl)c3)CC2)cc1. The molecule has 2 aromatic carbocycles. The number of benzene rings is 2. The van der Waals surface area contributed by atoms with Crippen molar-refractivity contribution in [3.8, 4) is 11.5 Å².